The molecular formula is C23H21N3O5. The second-order valence-corrected chi connectivity index (χ2v) is 7.75. The summed E-state index contributed by atoms with van der Waals surface area (Å²) in [5.74, 6) is -2.09. The Hall–Kier alpha value is -3.94. The van der Waals surface area contributed by atoms with Crippen LogP contribution in [0, 0.1) is 0 Å². The number of benzene rings is 2. The maximum Gasteiger partial charge on any atom is 0.356 e. The molecule has 8 nitrogen and oxygen atoms in total. The number of aromatic nitrogens is 2. The van der Waals surface area contributed by atoms with Gasteiger partial charge in [-0.15, -0.1) is 0 Å². The molecule has 0 bridgehead atoms. The molecule has 2 N–H and O–H groups in total. The van der Waals surface area contributed by atoms with Crippen LogP contribution in [0.2, 0.25) is 0 Å². The molecule has 0 fully saturated rings. The van der Waals surface area contributed by atoms with Gasteiger partial charge in [0, 0.05) is 0 Å². The number of amides is 1. The number of esters is 2. The maximum absolute atomic E-state index is 13.0. The standard InChI is InChI=1S/C23H21N3O5/c1-23(2)18(15-10-6-7-11-16(15)21(28)31-23)26-17(12-25-20(26)19(24)27)22(29)30-13-14-8-4-3-5-9-14/h3-12,18H,13H2,1-2H3,(H2,24,27). The molecule has 2 aromatic carbocycles. The van der Waals surface area contributed by atoms with Gasteiger partial charge in [-0.3, -0.25) is 4.79 Å². The fraction of sp³-hybridized carbons (Fsp3) is 0.217. The van der Waals surface area contributed by atoms with Crippen LogP contribution in [-0.4, -0.2) is 33.0 Å². The van der Waals surface area contributed by atoms with Gasteiger partial charge in [0.05, 0.1) is 11.8 Å². The first-order valence-corrected chi connectivity index (χ1v) is 9.70. The van der Waals surface area contributed by atoms with Gasteiger partial charge in [0.1, 0.15) is 23.9 Å². The fourth-order valence-corrected chi connectivity index (χ4v) is 3.85. The molecule has 4 rings (SSSR count). The van der Waals surface area contributed by atoms with Gasteiger partial charge in [0.15, 0.2) is 5.82 Å². The predicted molar refractivity (Wildman–Crippen MR) is 110 cm³/mol. The van der Waals surface area contributed by atoms with E-state index in [9.17, 15) is 14.4 Å². The zero-order valence-corrected chi connectivity index (χ0v) is 17.1. The number of cyclic esters (lactones) is 1. The highest BCUT2D eigenvalue weighted by molar-refractivity contribution is 5.95. The highest BCUT2D eigenvalue weighted by atomic mass is 16.6. The van der Waals surface area contributed by atoms with Gasteiger partial charge in [0.25, 0.3) is 5.91 Å². The van der Waals surface area contributed by atoms with Gasteiger partial charge in [-0.25, -0.2) is 14.6 Å². The molecule has 1 amide bonds. The third-order valence-electron chi connectivity index (χ3n) is 5.19. The molecule has 0 saturated carbocycles. The molecule has 3 aromatic rings. The summed E-state index contributed by atoms with van der Waals surface area (Å²) >= 11 is 0. The van der Waals surface area contributed by atoms with Gasteiger partial charge in [-0.2, -0.15) is 0 Å². The van der Waals surface area contributed by atoms with Crippen LogP contribution in [0.5, 0.6) is 0 Å². The molecular weight excluding hydrogens is 398 g/mol. The Morgan fingerprint density at radius 3 is 2.52 bits per heavy atom. The number of hydrogen-bond acceptors (Lipinski definition) is 6. The van der Waals surface area contributed by atoms with Crippen LogP contribution >= 0.6 is 0 Å². The van der Waals surface area contributed by atoms with Gasteiger partial charge < -0.3 is 19.8 Å². The van der Waals surface area contributed by atoms with E-state index in [1.165, 1.54) is 10.8 Å². The first-order chi connectivity index (χ1) is 14.8. The summed E-state index contributed by atoms with van der Waals surface area (Å²) < 4.78 is 12.5. The summed E-state index contributed by atoms with van der Waals surface area (Å²) in [5.41, 5.74) is 6.26. The van der Waals surface area contributed by atoms with E-state index in [0.29, 0.717) is 11.1 Å². The minimum atomic E-state index is -1.09. The third kappa shape index (κ3) is 3.68. The summed E-state index contributed by atoms with van der Waals surface area (Å²) in [4.78, 5) is 41.7. The number of carbonyl (C=O) groups is 3. The number of carbonyl (C=O) groups excluding carboxylic acids is 3. The summed E-state index contributed by atoms with van der Waals surface area (Å²) in [7, 11) is 0. The van der Waals surface area contributed by atoms with Gasteiger partial charge in [-0.1, -0.05) is 48.5 Å². The van der Waals surface area contributed by atoms with E-state index in [4.69, 9.17) is 15.2 Å². The first kappa shape index (κ1) is 20.3. The largest absolute Gasteiger partial charge is 0.456 e. The zero-order chi connectivity index (χ0) is 22.2. The maximum atomic E-state index is 13.0. The number of ether oxygens (including phenoxy) is 2. The Bertz CT molecular complexity index is 1170. The third-order valence-corrected chi connectivity index (χ3v) is 5.19. The van der Waals surface area contributed by atoms with E-state index in [2.05, 4.69) is 4.98 Å². The molecule has 1 atom stereocenters. The Morgan fingerprint density at radius 1 is 1.13 bits per heavy atom. The first-order valence-electron chi connectivity index (χ1n) is 9.70. The van der Waals surface area contributed by atoms with E-state index in [1.807, 2.05) is 30.3 Å². The van der Waals surface area contributed by atoms with Crippen molar-refractivity contribution in [3.8, 4) is 0 Å². The normalized spacial score (nSPS) is 16.8. The van der Waals surface area contributed by atoms with E-state index < -0.39 is 29.5 Å². The van der Waals surface area contributed by atoms with Crippen LogP contribution in [0.1, 0.15) is 62.5 Å². The lowest BCUT2D eigenvalue weighted by Crippen LogP contribution is -2.45. The van der Waals surface area contributed by atoms with E-state index in [-0.39, 0.29) is 18.1 Å². The van der Waals surface area contributed by atoms with E-state index in [1.54, 1.807) is 38.1 Å². The van der Waals surface area contributed by atoms with Crippen molar-refractivity contribution in [2.45, 2.75) is 32.1 Å². The van der Waals surface area contributed by atoms with Gasteiger partial charge in [0.2, 0.25) is 0 Å². The molecule has 0 spiro atoms. The predicted octanol–water partition coefficient (Wildman–Crippen LogP) is 2.88. The molecule has 158 valence electrons. The summed E-state index contributed by atoms with van der Waals surface area (Å²) in [6.07, 6.45) is 1.25. The second-order valence-electron chi connectivity index (χ2n) is 7.75. The van der Waals surface area contributed by atoms with Crippen molar-refractivity contribution in [3.63, 3.8) is 0 Å². The average Bonchev–Trinajstić information content (AvgIpc) is 3.17. The number of nitrogens with zero attached hydrogens (tertiary/aromatic N) is 2. The fourth-order valence-electron chi connectivity index (χ4n) is 3.85. The Labute approximate surface area is 178 Å². The second kappa shape index (κ2) is 7.71. The van der Waals surface area contributed by atoms with Crippen molar-refractivity contribution in [2.75, 3.05) is 0 Å². The number of rotatable bonds is 5. The Kier molecular flexibility index (Phi) is 5.06. The van der Waals surface area contributed by atoms with Crippen LogP contribution in [-0.2, 0) is 16.1 Å². The smallest absolute Gasteiger partial charge is 0.356 e. The van der Waals surface area contributed by atoms with Crippen molar-refractivity contribution in [2.24, 2.45) is 5.73 Å². The highest BCUT2D eigenvalue weighted by Gasteiger charge is 2.45. The summed E-state index contributed by atoms with van der Waals surface area (Å²) in [6.45, 7) is 3.46. The van der Waals surface area contributed by atoms with E-state index in [0.717, 1.165) is 5.56 Å². The topological polar surface area (TPSA) is 114 Å². The molecule has 2 heterocycles. The van der Waals surface area contributed by atoms with Crippen LogP contribution in [0.15, 0.2) is 60.8 Å². The minimum Gasteiger partial charge on any atom is -0.456 e. The molecule has 1 aliphatic heterocycles. The number of imidazole rings is 1. The van der Waals surface area contributed by atoms with Crippen molar-refractivity contribution < 1.29 is 23.9 Å². The molecule has 8 heteroatoms. The Morgan fingerprint density at radius 2 is 1.81 bits per heavy atom. The average molecular weight is 419 g/mol. The van der Waals surface area contributed by atoms with Crippen LogP contribution < -0.4 is 5.73 Å². The lowest BCUT2D eigenvalue weighted by atomic mass is 9.85. The number of nitrogens with two attached hydrogens (primary N) is 1. The lowest BCUT2D eigenvalue weighted by Gasteiger charge is -2.40. The van der Waals surface area contributed by atoms with Crippen LogP contribution in [0.25, 0.3) is 0 Å². The number of hydrogen-bond donors (Lipinski definition) is 1. The van der Waals surface area contributed by atoms with Crippen molar-refractivity contribution >= 4 is 17.8 Å². The SMILES string of the molecule is CC1(C)OC(=O)c2ccccc2C1n1c(C(=O)OCc2ccccc2)cnc1C(N)=O. The van der Waals surface area contributed by atoms with Crippen molar-refractivity contribution in [3.05, 3.63) is 89.0 Å². The van der Waals surface area contributed by atoms with Gasteiger partial charge in [-0.05, 0) is 31.0 Å². The molecule has 0 saturated heterocycles. The molecule has 0 radical (unpaired) electrons. The van der Waals surface area contributed by atoms with E-state index >= 15 is 0 Å². The molecule has 1 aliphatic rings. The van der Waals surface area contributed by atoms with Crippen molar-refractivity contribution in [1.82, 2.24) is 9.55 Å². The quantitative estimate of drug-likeness (QED) is 0.636. The number of fused-ring (bicyclic) bond motifs is 1. The zero-order valence-electron chi connectivity index (χ0n) is 17.1. The Balaban J connectivity index is 1.79. The number of primary amides is 1. The summed E-state index contributed by atoms with van der Waals surface area (Å²) in [6, 6.07) is 15.4. The molecule has 0 aliphatic carbocycles. The van der Waals surface area contributed by atoms with Gasteiger partial charge >= 0.3 is 11.9 Å². The monoisotopic (exact) mass is 419 g/mol. The van der Waals surface area contributed by atoms with Crippen LogP contribution in [0.3, 0.4) is 0 Å². The van der Waals surface area contributed by atoms with Crippen LogP contribution in [0.4, 0.5) is 0 Å². The molecule has 31 heavy (non-hydrogen) atoms. The lowest BCUT2D eigenvalue weighted by molar-refractivity contribution is -0.0268. The highest BCUT2D eigenvalue weighted by Crippen LogP contribution is 2.41. The minimum absolute atomic E-state index is 0.0376. The molecule has 1 aromatic heterocycles. The summed E-state index contributed by atoms with van der Waals surface area (Å²) in [5, 5.41) is 0. The molecule has 1 unspecified atom stereocenters. The van der Waals surface area contributed by atoms with Crippen molar-refractivity contribution in [1.29, 1.82) is 0 Å².